The number of aromatic nitrogens is 1. The number of hydrogen-bond donors (Lipinski definition) is 2. The summed E-state index contributed by atoms with van der Waals surface area (Å²) in [5.41, 5.74) is 3.02. The summed E-state index contributed by atoms with van der Waals surface area (Å²) >= 11 is 0. The van der Waals surface area contributed by atoms with Crippen molar-refractivity contribution < 1.29 is 0 Å². The largest absolute Gasteiger partial charge is 0.361 e. The van der Waals surface area contributed by atoms with E-state index >= 15 is 0 Å². The van der Waals surface area contributed by atoms with E-state index in [0.29, 0.717) is 11.5 Å². The van der Waals surface area contributed by atoms with Gasteiger partial charge in [-0.05, 0) is 17.0 Å². The highest BCUT2D eigenvalue weighted by Gasteiger charge is 2.39. The van der Waals surface area contributed by atoms with Crippen LogP contribution in [0.4, 0.5) is 0 Å². The quantitative estimate of drug-likeness (QED) is 0.728. The van der Waals surface area contributed by atoms with Gasteiger partial charge in [0, 0.05) is 29.7 Å². The Bertz CT molecular complexity index is 496. The van der Waals surface area contributed by atoms with Crippen LogP contribution in [0, 0.1) is 5.41 Å². The van der Waals surface area contributed by atoms with Crippen LogP contribution in [0.3, 0.4) is 0 Å². The molecule has 1 atom stereocenters. The molecule has 1 unspecified atom stereocenters. The number of H-pyrrole nitrogens is 1. The van der Waals surface area contributed by atoms with Gasteiger partial charge in [0.1, 0.15) is 0 Å². The minimum atomic E-state index is 0.380. The molecule has 0 saturated carbocycles. The number of rotatable bonds is 1. The van der Waals surface area contributed by atoms with Crippen molar-refractivity contribution in [3.63, 3.8) is 0 Å². The molecule has 2 aromatic rings. The minimum absolute atomic E-state index is 0.380. The first kappa shape index (κ1) is 8.98. The van der Waals surface area contributed by atoms with Gasteiger partial charge in [-0.1, -0.05) is 32.0 Å². The van der Waals surface area contributed by atoms with Gasteiger partial charge in [0.15, 0.2) is 0 Å². The Morgan fingerprint density at radius 1 is 1.27 bits per heavy atom. The highest BCUT2D eigenvalue weighted by Crippen LogP contribution is 2.42. The molecular formula is C13H16N2. The van der Waals surface area contributed by atoms with Gasteiger partial charge in [-0.3, -0.25) is 0 Å². The molecule has 1 aliphatic heterocycles. The van der Waals surface area contributed by atoms with Crippen molar-refractivity contribution in [2.24, 2.45) is 5.41 Å². The normalized spacial score (nSPS) is 24.0. The summed E-state index contributed by atoms with van der Waals surface area (Å²) < 4.78 is 0. The van der Waals surface area contributed by atoms with Gasteiger partial charge in [0.25, 0.3) is 0 Å². The minimum Gasteiger partial charge on any atom is -0.361 e. The van der Waals surface area contributed by atoms with Gasteiger partial charge in [-0.2, -0.15) is 0 Å². The molecule has 2 nitrogen and oxygen atoms in total. The summed E-state index contributed by atoms with van der Waals surface area (Å²) in [6.07, 6.45) is 2.14. The fourth-order valence-electron chi connectivity index (χ4n) is 2.48. The van der Waals surface area contributed by atoms with E-state index in [0.717, 1.165) is 6.54 Å². The predicted octanol–water partition coefficient (Wildman–Crippen LogP) is 2.84. The highest BCUT2D eigenvalue weighted by atomic mass is 15.0. The van der Waals surface area contributed by atoms with Crippen LogP contribution in [-0.2, 0) is 0 Å². The molecule has 15 heavy (non-hydrogen) atoms. The van der Waals surface area contributed by atoms with Crippen LogP contribution in [0.15, 0.2) is 30.5 Å². The van der Waals surface area contributed by atoms with Crippen molar-refractivity contribution >= 4 is 10.9 Å². The van der Waals surface area contributed by atoms with Crippen molar-refractivity contribution in [2.75, 3.05) is 6.54 Å². The fraction of sp³-hybridized carbons (Fsp3) is 0.385. The maximum Gasteiger partial charge on any atom is 0.0457 e. The standard InChI is InChI=1S/C13H16N2/c1-13(2)8-15-12(13)10-7-14-11-6-4-3-5-9(10)11/h3-7,12,14-15H,8H2,1-2H3. The second-order valence-corrected chi connectivity index (χ2v) is 5.09. The van der Waals surface area contributed by atoms with E-state index in [4.69, 9.17) is 0 Å². The summed E-state index contributed by atoms with van der Waals surface area (Å²) in [5, 5.41) is 4.86. The smallest absolute Gasteiger partial charge is 0.0457 e. The van der Waals surface area contributed by atoms with Crippen LogP contribution in [0.25, 0.3) is 10.9 Å². The van der Waals surface area contributed by atoms with Crippen LogP contribution in [0.2, 0.25) is 0 Å². The van der Waals surface area contributed by atoms with Crippen molar-refractivity contribution in [3.05, 3.63) is 36.0 Å². The third-order valence-electron chi connectivity index (χ3n) is 3.48. The lowest BCUT2D eigenvalue weighted by atomic mass is 9.74. The van der Waals surface area contributed by atoms with E-state index in [9.17, 15) is 0 Å². The van der Waals surface area contributed by atoms with E-state index in [-0.39, 0.29) is 0 Å². The molecule has 3 rings (SSSR count). The molecule has 1 aliphatic rings. The molecule has 2 heteroatoms. The first-order chi connectivity index (χ1) is 7.18. The average molecular weight is 200 g/mol. The number of fused-ring (bicyclic) bond motifs is 1. The zero-order valence-electron chi connectivity index (χ0n) is 9.17. The number of hydrogen-bond acceptors (Lipinski definition) is 1. The molecule has 1 saturated heterocycles. The number of benzene rings is 1. The lowest BCUT2D eigenvalue weighted by Gasteiger charge is -2.45. The van der Waals surface area contributed by atoms with E-state index < -0.39 is 0 Å². The zero-order chi connectivity index (χ0) is 10.5. The maximum absolute atomic E-state index is 3.51. The molecule has 1 aromatic heterocycles. The average Bonchev–Trinajstić information content (AvgIpc) is 2.61. The van der Waals surface area contributed by atoms with Crippen LogP contribution in [-0.4, -0.2) is 11.5 Å². The van der Waals surface area contributed by atoms with Crippen LogP contribution < -0.4 is 5.32 Å². The zero-order valence-corrected chi connectivity index (χ0v) is 9.17. The van der Waals surface area contributed by atoms with Crippen LogP contribution in [0.1, 0.15) is 25.5 Å². The molecule has 0 aliphatic carbocycles. The first-order valence-electron chi connectivity index (χ1n) is 5.48. The van der Waals surface area contributed by atoms with Gasteiger partial charge < -0.3 is 10.3 Å². The lowest BCUT2D eigenvalue weighted by molar-refractivity contribution is 0.129. The molecule has 1 aromatic carbocycles. The molecule has 2 N–H and O–H groups in total. The summed E-state index contributed by atoms with van der Waals surface area (Å²) in [5.74, 6) is 0. The van der Waals surface area contributed by atoms with Crippen molar-refractivity contribution in [3.8, 4) is 0 Å². The Labute approximate surface area is 89.7 Å². The fourth-order valence-corrected chi connectivity index (χ4v) is 2.48. The Kier molecular flexibility index (Phi) is 1.71. The summed E-state index contributed by atoms with van der Waals surface area (Å²) in [7, 11) is 0. The lowest BCUT2D eigenvalue weighted by Crippen LogP contribution is -2.52. The monoisotopic (exact) mass is 200 g/mol. The van der Waals surface area contributed by atoms with E-state index in [1.807, 2.05) is 0 Å². The van der Waals surface area contributed by atoms with Crippen molar-refractivity contribution in [1.29, 1.82) is 0 Å². The van der Waals surface area contributed by atoms with Gasteiger partial charge in [0.05, 0.1) is 0 Å². The molecule has 2 heterocycles. The third kappa shape index (κ3) is 1.21. The summed E-state index contributed by atoms with van der Waals surface area (Å²) in [6.45, 7) is 5.74. The second kappa shape index (κ2) is 2.86. The van der Waals surface area contributed by atoms with Crippen molar-refractivity contribution in [1.82, 2.24) is 10.3 Å². The Hall–Kier alpha value is -1.28. The molecule has 78 valence electrons. The van der Waals surface area contributed by atoms with Gasteiger partial charge in [-0.25, -0.2) is 0 Å². The molecule has 1 fully saturated rings. The Balaban J connectivity index is 2.12. The second-order valence-electron chi connectivity index (χ2n) is 5.09. The molecule has 0 radical (unpaired) electrons. The van der Waals surface area contributed by atoms with Crippen LogP contribution in [0.5, 0.6) is 0 Å². The van der Waals surface area contributed by atoms with E-state index in [2.05, 4.69) is 54.6 Å². The first-order valence-corrected chi connectivity index (χ1v) is 5.48. The maximum atomic E-state index is 3.51. The van der Waals surface area contributed by atoms with Crippen molar-refractivity contribution in [2.45, 2.75) is 19.9 Å². The SMILES string of the molecule is CC1(C)CNC1c1c[nH]c2ccccc12. The predicted molar refractivity (Wildman–Crippen MR) is 62.8 cm³/mol. The molecule has 0 spiro atoms. The molecular weight excluding hydrogens is 184 g/mol. The summed E-state index contributed by atoms with van der Waals surface area (Å²) in [4.78, 5) is 3.34. The van der Waals surface area contributed by atoms with Gasteiger partial charge >= 0.3 is 0 Å². The highest BCUT2D eigenvalue weighted by molar-refractivity contribution is 5.83. The number of nitrogens with one attached hydrogen (secondary N) is 2. The van der Waals surface area contributed by atoms with E-state index in [1.54, 1.807) is 0 Å². The van der Waals surface area contributed by atoms with Gasteiger partial charge in [-0.15, -0.1) is 0 Å². The number of aromatic amines is 1. The Morgan fingerprint density at radius 2 is 2.07 bits per heavy atom. The number of para-hydroxylation sites is 1. The van der Waals surface area contributed by atoms with E-state index in [1.165, 1.54) is 16.5 Å². The molecule has 0 bridgehead atoms. The van der Waals surface area contributed by atoms with Gasteiger partial charge in [0.2, 0.25) is 0 Å². The van der Waals surface area contributed by atoms with Crippen LogP contribution >= 0.6 is 0 Å². The topological polar surface area (TPSA) is 27.8 Å². The summed E-state index contributed by atoms with van der Waals surface area (Å²) in [6, 6.07) is 8.99. The molecule has 0 amide bonds. The third-order valence-corrected chi connectivity index (χ3v) is 3.48. The Morgan fingerprint density at radius 3 is 2.73 bits per heavy atom.